The molecule has 1 saturated heterocycles. The van der Waals surface area contributed by atoms with E-state index in [0.717, 1.165) is 28.8 Å². The summed E-state index contributed by atoms with van der Waals surface area (Å²) in [5, 5.41) is 10.6. The zero-order valence-electron chi connectivity index (χ0n) is 18.3. The standard InChI is InChI=1S/C24H27F3N2O4/c1-14-6-7-16-17(22(14)30)12-20(32-21(16)13-28)15-8-10-29(11-9-15)23(31)33-19-5-3-2-4-18(19)24(25,26)27/h2-7,15,20-21,30H,8-13,28H2,1H3/t20-,21-/m0/s1. The third-order valence-corrected chi connectivity index (χ3v) is 6.54. The molecule has 3 N–H and O–H groups in total. The highest BCUT2D eigenvalue weighted by Crippen LogP contribution is 2.40. The Hall–Kier alpha value is -2.78. The van der Waals surface area contributed by atoms with E-state index in [0.29, 0.717) is 32.4 Å². The van der Waals surface area contributed by atoms with Crippen LogP contribution in [0.3, 0.4) is 0 Å². The van der Waals surface area contributed by atoms with Crippen LogP contribution >= 0.6 is 0 Å². The number of halogens is 3. The highest BCUT2D eigenvalue weighted by molar-refractivity contribution is 5.71. The van der Waals surface area contributed by atoms with Crippen molar-refractivity contribution in [2.24, 2.45) is 11.7 Å². The highest BCUT2D eigenvalue weighted by atomic mass is 19.4. The van der Waals surface area contributed by atoms with Crippen molar-refractivity contribution in [1.29, 1.82) is 0 Å². The lowest BCUT2D eigenvalue weighted by molar-refractivity contribution is -0.138. The molecule has 1 amide bonds. The number of para-hydroxylation sites is 1. The predicted molar refractivity (Wildman–Crippen MR) is 115 cm³/mol. The summed E-state index contributed by atoms with van der Waals surface area (Å²) in [7, 11) is 0. The first-order valence-corrected chi connectivity index (χ1v) is 11.0. The van der Waals surface area contributed by atoms with Crippen molar-refractivity contribution in [3.8, 4) is 11.5 Å². The van der Waals surface area contributed by atoms with Crippen molar-refractivity contribution >= 4 is 6.09 Å². The van der Waals surface area contributed by atoms with Crippen LogP contribution in [0.1, 0.15) is 41.2 Å². The summed E-state index contributed by atoms with van der Waals surface area (Å²) in [6, 6.07) is 8.46. The van der Waals surface area contributed by atoms with E-state index in [4.69, 9.17) is 15.2 Å². The van der Waals surface area contributed by atoms with Gasteiger partial charge in [0, 0.05) is 31.6 Å². The second-order valence-corrected chi connectivity index (χ2v) is 8.59. The molecule has 2 aliphatic heterocycles. The molecular weight excluding hydrogens is 437 g/mol. The third-order valence-electron chi connectivity index (χ3n) is 6.54. The molecule has 0 radical (unpaired) electrons. The maximum Gasteiger partial charge on any atom is 0.419 e. The number of fused-ring (bicyclic) bond motifs is 1. The smallest absolute Gasteiger partial charge is 0.419 e. The van der Waals surface area contributed by atoms with Crippen molar-refractivity contribution in [1.82, 2.24) is 4.90 Å². The molecule has 2 aliphatic rings. The minimum Gasteiger partial charge on any atom is -0.507 e. The number of aryl methyl sites for hydroxylation is 1. The van der Waals surface area contributed by atoms with Gasteiger partial charge in [-0.1, -0.05) is 24.3 Å². The number of benzene rings is 2. The zero-order valence-corrected chi connectivity index (χ0v) is 18.3. The van der Waals surface area contributed by atoms with Crippen LogP contribution in [0, 0.1) is 12.8 Å². The number of hydrogen-bond donors (Lipinski definition) is 2. The number of hydrogen-bond acceptors (Lipinski definition) is 5. The van der Waals surface area contributed by atoms with Gasteiger partial charge in [-0.15, -0.1) is 0 Å². The molecule has 2 aromatic carbocycles. The summed E-state index contributed by atoms with van der Waals surface area (Å²) < 4.78 is 50.9. The van der Waals surface area contributed by atoms with Gasteiger partial charge in [-0.25, -0.2) is 4.79 Å². The van der Waals surface area contributed by atoms with Gasteiger partial charge in [0.15, 0.2) is 0 Å². The monoisotopic (exact) mass is 464 g/mol. The molecule has 0 aromatic heterocycles. The van der Waals surface area contributed by atoms with Gasteiger partial charge in [-0.2, -0.15) is 13.2 Å². The van der Waals surface area contributed by atoms with E-state index in [-0.39, 0.29) is 30.4 Å². The van der Waals surface area contributed by atoms with Gasteiger partial charge in [0.1, 0.15) is 11.5 Å². The number of rotatable bonds is 3. The van der Waals surface area contributed by atoms with Gasteiger partial charge < -0.3 is 25.2 Å². The number of alkyl halides is 3. The van der Waals surface area contributed by atoms with Crippen LogP contribution in [0.25, 0.3) is 0 Å². The number of nitrogens with zero attached hydrogens (tertiary/aromatic N) is 1. The summed E-state index contributed by atoms with van der Waals surface area (Å²) in [5.74, 6) is -0.108. The lowest BCUT2D eigenvalue weighted by Gasteiger charge is -2.40. The number of phenolic OH excluding ortho intramolecular Hbond substituents is 1. The Bertz CT molecular complexity index is 1020. The Kier molecular flexibility index (Phi) is 6.54. The summed E-state index contributed by atoms with van der Waals surface area (Å²) in [6.45, 7) is 2.82. The van der Waals surface area contributed by atoms with Crippen molar-refractivity contribution in [3.05, 3.63) is 58.7 Å². The van der Waals surface area contributed by atoms with Crippen LogP contribution in [0.2, 0.25) is 0 Å². The summed E-state index contributed by atoms with van der Waals surface area (Å²) >= 11 is 0. The highest BCUT2D eigenvalue weighted by Gasteiger charge is 2.38. The van der Waals surface area contributed by atoms with E-state index in [1.807, 2.05) is 19.1 Å². The molecule has 2 aromatic rings. The second-order valence-electron chi connectivity index (χ2n) is 8.59. The fraction of sp³-hybridized carbons (Fsp3) is 0.458. The third kappa shape index (κ3) is 4.79. The molecule has 0 aliphatic carbocycles. The second kappa shape index (κ2) is 9.23. The predicted octanol–water partition coefficient (Wildman–Crippen LogP) is 4.57. The minimum atomic E-state index is -4.61. The Labute approximate surface area is 190 Å². The van der Waals surface area contributed by atoms with Crippen LogP contribution in [-0.4, -0.2) is 41.8 Å². The molecule has 4 rings (SSSR count). The van der Waals surface area contributed by atoms with E-state index >= 15 is 0 Å². The Morgan fingerprint density at radius 1 is 1.21 bits per heavy atom. The largest absolute Gasteiger partial charge is 0.507 e. The molecule has 2 atom stereocenters. The average Bonchev–Trinajstić information content (AvgIpc) is 2.80. The van der Waals surface area contributed by atoms with E-state index in [1.54, 1.807) is 0 Å². The maximum absolute atomic E-state index is 13.2. The van der Waals surface area contributed by atoms with Crippen molar-refractivity contribution in [2.75, 3.05) is 19.6 Å². The van der Waals surface area contributed by atoms with Crippen LogP contribution < -0.4 is 10.5 Å². The van der Waals surface area contributed by atoms with Gasteiger partial charge in [-0.3, -0.25) is 0 Å². The molecule has 0 saturated carbocycles. The van der Waals surface area contributed by atoms with E-state index in [2.05, 4.69) is 0 Å². The average molecular weight is 464 g/mol. The van der Waals surface area contributed by atoms with Gasteiger partial charge in [0.05, 0.1) is 17.8 Å². The Morgan fingerprint density at radius 2 is 1.91 bits per heavy atom. The first-order valence-electron chi connectivity index (χ1n) is 11.0. The number of aromatic hydroxyl groups is 1. The SMILES string of the molecule is Cc1ccc2c(c1O)C[C@@H](C1CCN(C(=O)Oc3ccccc3C(F)(F)F)CC1)O[C@H]2CN. The molecule has 6 nitrogen and oxygen atoms in total. The number of piperidine rings is 1. The van der Waals surface area contributed by atoms with E-state index in [9.17, 15) is 23.1 Å². The summed E-state index contributed by atoms with van der Waals surface area (Å²) in [6.07, 6.45) is -4.11. The molecule has 178 valence electrons. The molecule has 9 heteroatoms. The van der Waals surface area contributed by atoms with Crippen LogP contribution in [0.4, 0.5) is 18.0 Å². The first kappa shape index (κ1) is 23.4. The molecule has 2 heterocycles. The van der Waals surface area contributed by atoms with E-state index in [1.165, 1.54) is 17.0 Å². The van der Waals surface area contributed by atoms with Gasteiger partial charge >= 0.3 is 12.3 Å². The number of likely N-dealkylation sites (tertiary alicyclic amines) is 1. The number of phenols is 1. The lowest BCUT2D eigenvalue weighted by Crippen LogP contribution is -2.45. The van der Waals surface area contributed by atoms with Gasteiger partial charge in [0.25, 0.3) is 0 Å². The number of nitrogens with two attached hydrogens (primary N) is 1. The molecule has 1 fully saturated rings. The minimum absolute atomic E-state index is 0.124. The fourth-order valence-electron chi connectivity index (χ4n) is 4.68. The summed E-state index contributed by atoms with van der Waals surface area (Å²) in [5.41, 5.74) is 7.49. The summed E-state index contributed by atoms with van der Waals surface area (Å²) in [4.78, 5) is 13.9. The molecular formula is C24H27F3N2O4. The molecule has 0 unspecified atom stereocenters. The van der Waals surface area contributed by atoms with Crippen molar-refractivity contribution in [3.63, 3.8) is 0 Å². The lowest BCUT2D eigenvalue weighted by atomic mass is 9.83. The normalized spacial score (nSPS) is 21.5. The molecule has 0 spiro atoms. The number of carbonyl (C=O) groups excluding carboxylic acids is 1. The van der Waals surface area contributed by atoms with Gasteiger partial charge in [0.2, 0.25) is 0 Å². The number of carbonyl (C=O) groups is 1. The zero-order chi connectivity index (χ0) is 23.8. The van der Waals surface area contributed by atoms with Crippen LogP contribution in [0.5, 0.6) is 11.5 Å². The Morgan fingerprint density at radius 3 is 2.58 bits per heavy atom. The van der Waals surface area contributed by atoms with Crippen LogP contribution in [0.15, 0.2) is 36.4 Å². The van der Waals surface area contributed by atoms with Crippen molar-refractivity contribution in [2.45, 2.75) is 44.6 Å². The Balaban J connectivity index is 1.40. The quantitative estimate of drug-likeness (QED) is 0.695. The van der Waals surface area contributed by atoms with Gasteiger partial charge in [-0.05, 0) is 48.9 Å². The maximum atomic E-state index is 13.2. The van der Waals surface area contributed by atoms with E-state index < -0.39 is 23.6 Å². The number of amides is 1. The van der Waals surface area contributed by atoms with Crippen LogP contribution in [-0.2, 0) is 17.3 Å². The molecule has 0 bridgehead atoms. The topological polar surface area (TPSA) is 85.0 Å². The first-order chi connectivity index (χ1) is 15.7. The fourth-order valence-corrected chi connectivity index (χ4v) is 4.68. The number of ether oxygens (including phenoxy) is 2. The van der Waals surface area contributed by atoms with Crippen molar-refractivity contribution < 1.29 is 32.5 Å². The molecule has 33 heavy (non-hydrogen) atoms.